The van der Waals surface area contributed by atoms with Crippen LogP contribution < -0.4 is 4.90 Å². The predicted molar refractivity (Wildman–Crippen MR) is 63.3 cm³/mol. The highest BCUT2D eigenvalue weighted by molar-refractivity contribution is 6.16. The number of benzene rings is 1. The second kappa shape index (κ2) is 4.67. The summed E-state index contributed by atoms with van der Waals surface area (Å²) in [6, 6.07) is 6.88. The number of imide groups is 1. The van der Waals surface area contributed by atoms with Gasteiger partial charge in [0.05, 0.1) is 12.3 Å². The smallest absolute Gasteiger partial charge is 0.234 e. The summed E-state index contributed by atoms with van der Waals surface area (Å²) in [6.45, 7) is 1.80. The molecule has 0 radical (unpaired) electrons. The highest BCUT2D eigenvalue weighted by Crippen LogP contribution is 2.25. The number of amides is 2. The molecule has 2 amide bonds. The van der Waals surface area contributed by atoms with Crippen LogP contribution in [0.4, 0.5) is 5.69 Å². The Morgan fingerprint density at radius 1 is 1.29 bits per heavy atom. The SMILES string of the molecule is CC1CC(=O)N(c2cccc(CO)c2)C(=O)C1. The third kappa shape index (κ3) is 2.36. The van der Waals surface area contributed by atoms with Crippen LogP contribution in [0, 0.1) is 5.92 Å². The summed E-state index contributed by atoms with van der Waals surface area (Å²) in [7, 11) is 0. The number of rotatable bonds is 2. The fraction of sp³-hybridized carbons (Fsp3) is 0.385. The molecule has 1 N–H and O–H groups in total. The topological polar surface area (TPSA) is 57.6 Å². The van der Waals surface area contributed by atoms with Crippen molar-refractivity contribution in [2.75, 3.05) is 4.90 Å². The van der Waals surface area contributed by atoms with Crippen molar-refractivity contribution in [3.63, 3.8) is 0 Å². The number of nitrogens with zero attached hydrogens (tertiary/aromatic N) is 1. The molecule has 1 aliphatic rings. The van der Waals surface area contributed by atoms with Gasteiger partial charge in [0.2, 0.25) is 11.8 Å². The Hall–Kier alpha value is -1.68. The van der Waals surface area contributed by atoms with Crippen LogP contribution in [0.5, 0.6) is 0 Å². The summed E-state index contributed by atoms with van der Waals surface area (Å²) >= 11 is 0. The Morgan fingerprint density at radius 3 is 2.53 bits per heavy atom. The molecule has 1 aromatic carbocycles. The molecule has 1 aliphatic heterocycles. The molecule has 0 atom stereocenters. The monoisotopic (exact) mass is 233 g/mol. The van der Waals surface area contributed by atoms with Crippen molar-refractivity contribution in [2.24, 2.45) is 5.92 Å². The number of aliphatic hydroxyl groups excluding tert-OH is 1. The minimum Gasteiger partial charge on any atom is -0.392 e. The van der Waals surface area contributed by atoms with Crippen molar-refractivity contribution in [1.82, 2.24) is 0 Å². The molecule has 0 bridgehead atoms. The number of hydrogen-bond donors (Lipinski definition) is 1. The Labute approximate surface area is 99.9 Å². The Kier molecular flexibility index (Phi) is 3.24. The fourth-order valence-electron chi connectivity index (χ4n) is 2.07. The van der Waals surface area contributed by atoms with E-state index in [4.69, 9.17) is 5.11 Å². The van der Waals surface area contributed by atoms with Crippen LogP contribution in [0.3, 0.4) is 0 Å². The maximum atomic E-state index is 11.9. The quantitative estimate of drug-likeness (QED) is 0.787. The van der Waals surface area contributed by atoms with Crippen molar-refractivity contribution in [2.45, 2.75) is 26.4 Å². The molecule has 0 aromatic heterocycles. The highest BCUT2D eigenvalue weighted by atomic mass is 16.3. The van der Waals surface area contributed by atoms with Gasteiger partial charge in [-0.1, -0.05) is 19.1 Å². The molecule has 1 fully saturated rings. The zero-order valence-electron chi connectivity index (χ0n) is 9.72. The molecule has 2 rings (SSSR count). The van der Waals surface area contributed by atoms with Gasteiger partial charge in [-0.05, 0) is 23.6 Å². The van der Waals surface area contributed by atoms with Crippen molar-refractivity contribution >= 4 is 17.5 Å². The Morgan fingerprint density at radius 2 is 1.94 bits per heavy atom. The van der Waals surface area contributed by atoms with Gasteiger partial charge in [0, 0.05) is 12.8 Å². The number of hydrogen-bond acceptors (Lipinski definition) is 3. The van der Waals surface area contributed by atoms with Crippen LogP contribution in [0.15, 0.2) is 24.3 Å². The van der Waals surface area contributed by atoms with Gasteiger partial charge in [-0.15, -0.1) is 0 Å². The minimum absolute atomic E-state index is 0.0968. The first kappa shape index (κ1) is 11.8. The number of carbonyl (C=O) groups excluding carboxylic acids is 2. The van der Waals surface area contributed by atoms with Gasteiger partial charge in [0.25, 0.3) is 0 Å². The van der Waals surface area contributed by atoms with Crippen LogP contribution in [0.2, 0.25) is 0 Å². The summed E-state index contributed by atoms with van der Waals surface area (Å²) in [6.07, 6.45) is 0.796. The average Bonchev–Trinajstić information content (AvgIpc) is 2.28. The van der Waals surface area contributed by atoms with Crippen molar-refractivity contribution in [1.29, 1.82) is 0 Å². The number of anilines is 1. The molecule has 1 heterocycles. The first-order valence-electron chi connectivity index (χ1n) is 5.67. The maximum absolute atomic E-state index is 11.9. The lowest BCUT2D eigenvalue weighted by atomic mass is 9.97. The molecule has 0 unspecified atom stereocenters. The third-order valence-electron chi connectivity index (χ3n) is 2.90. The predicted octanol–water partition coefficient (Wildman–Crippen LogP) is 1.47. The van der Waals surface area contributed by atoms with Gasteiger partial charge in [0.15, 0.2) is 0 Å². The molecule has 0 saturated carbocycles. The van der Waals surface area contributed by atoms with Gasteiger partial charge in [0.1, 0.15) is 0 Å². The van der Waals surface area contributed by atoms with Crippen LogP contribution >= 0.6 is 0 Å². The number of aliphatic hydroxyl groups is 1. The average molecular weight is 233 g/mol. The van der Waals surface area contributed by atoms with Crippen molar-refractivity contribution in [3.8, 4) is 0 Å². The first-order valence-corrected chi connectivity index (χ1v) is 5.67. The van der Waals surface area contributed by atoms with E-state index in [0.29, 0.717) is 24.1 Å². The van der Waals surface area contributed by atoms with Gasteiger partial charge in [-0.2, -0.15) is 0 Å². The van der Waals surface area contributed by atoms with E-state index in [1.54, 1.807) is 24.3 Å². The number of piperidine rings is 1. The molecule has 0 spiro atoms. The van der Waals surface area contributed by atoms with E-state index in [1.165, 1.54) is 4.90 Å². The van der Waals surface area contributed by atoms with Crippen LogP contribution in [0.1, 0.15) is 25.3 Å². The van der Waals surface area contributed by atoms with Gasteiger partial charge >= 0.3 is 0 Å². The van der Waals surface area contributed by atoms with E-state index in [1.807, 2.05) is 6.92 Å². The van der Waals surface area contributed by atoms with E-state index in [0.717, 1.165) is 0 Å². The lowest BCUT2D eigenvalue weighted by Gasteiger charge is -2.28. The third-order valence-corrected chi connectivity index (χ3v) is 2.90. The van der Waals surface area contributed by atoms with Gasteiger partial charge < -0.3 is 5.11 Å². The lowest BCUT2D eigenvalue weighted by Crippen LogP contribution is -2.42. The molecule has 17 heavy (non-hydrogen) atoms. The Bertz CT molecular complexity index is 438. The summed E-state index contributed by atoms with van der Waals surface area (Å²) in [4.78, 5) is 24.9. The zero-order valence-corrected chi connectivity index (χ0v) is 9.72. The molecule has 1 saturated heterocycles. The zero-order chi connectivity index (χ0) is 12.4. The molecule has 1 aromatic rings. The van der Waals surface area contributed by atoms with E-state index >= 15 is 0 Å². The Balaban J connectivity index is 2.31. The second-order valence-electron chi connectivity index (χ2n) is 4.46. The molecule has 0 aliphatic carbocycles. The second-order valence-corrected chi connectivity index (χ2v) is 4.46. The van der Waals surface area contributed by atoms with E-state index < -0.39 is 0 Å². The summed E-state index contributed by atoms with van der Waals surface area (Å²) < 4.78 is 0. The normalized spacial score (nSPS) is 17.6. The van der Waals surface area contributed by atoms with Crippen LogP contribution in [0.25, 0.3) is 0 Å². The molecular formula is C13H15NO3. The summed E-state index contributed by atoms with van der Waals surface area (Å²) in [5, 5.41) is 9.05. The van der Waals surface area contributed by atoms with E-state index in [2.05, 4.69) is 0 Å². The standard InChI is InChI=1S/C13H15NO3/c1-9-5-12(16)14(13(17)6-9)11-4-2-3-10(7-11)8-15/h2-4,7,9,15H,5-6,8H2,1H3. The molecule has 4 heteroatoms. The maximum Gasteiger partial charge on any atom is 0.234 e. The number of carbonyl (C=O) groups is 2. The van der Waals surface area contributed by atoms with Gasteiger partial charge in [-0.3, -0.25) is 14.5 Å². The van der Waals surface area contributed by atoms with Crippen molar-refractivity contribution < 1.29 is 14.7 Å². The largest absolute Gasteiger partial charge is 0.392 e. The van der Waals surface area contributed by atoms with Crippen LogP contribution in [-0.2, 0) is 16.2 Å². The summed E-state index contributed by atoms with van der Waals surface area (Å²) in [5.41, 5.74) is 1.25. The fourth-order valence-corrected chi connectivity index (χ4v) is 2.07. The molecule has 90 valence electrons. The minimum atomic E-state index is -0.163. The summed E-state index contributed by atoms with van der Waals surface area (Å²) in [5.74, 6) is -0.208. The van der Waals surface area contributed by atoms with Crippen molar-refractivity contribution in [3.05, 3.63) is 29.8 Å². The molecule has 4 nitrogen and oxygen atoms in total. The first-order chi connectivity index (χ1) is 8.11. The van der Waals surface area contributed by atoms with E-state index in [-0.39, 0.29) is 24.3 Å². The molecular weight excluding hydrogens is 218 g/mol. The van der Waals surface area contributed by atoms with Gasteiger partial charge in [-0.25, -0.2) is 0 Å². The highest BCUT2D eigenvalue weighted by Gasteiger charge is 2.31. The van der Waals surface area contributed by atoms with Crippen LogP contribution in [-0.4, -0.2) is 16.9 Å². The lowest BCUT2D eigenvalue weighted by molar-refractivity contribution is -0.130. The van der Waals surface area contributed by atoms with E-state index in [9.17, 15) is 9.59 Å².